The quantitative estimate of drug-likeness (QED) is 0.331. The van der Waals surface area contributed by atoms with Crippen LogP contribution in [-0.2, 0) is 18.9 Å². The van der Waals surface area contributed by atoms with Crippen LogP contribution < -0.4 is 34.4 Å². The van der Waals surface area contributed by atoms with Crippen molar-refractivity contribution in [3.05, 3.63) is 27.2 Å². The van der Waals surface area contributed by atoms with Gasteiger partial charge in [-0.3, -0.25) is 0 Å². The van der Waals surface area contributed by atoms with E-state index >= 15 is 0 Å². The van der Waals surface area contributed by atoms with E-state index in [4.69, 9.17) is 34.8 Å². The summed E-state index contributed by atoms with van der Waals surface area (Å²) >= 11 is 17.1. The standard InChI is InChI=1S/C8H7Cl3O5S.Na/c1-2-14-17(12,13)16-15-8-4-6(10)5(9)3-7(8)11;/h3-4H,2H2,1H3;/q;+1. The third-order valence-electron chi connectivity index (χ3n) is 1.44. The minimum Gasteiger partial charge on any atom is -0.318 e. The molecule has 0 N–H and O–H groups in total. The fraction of sp³-hybridized carbons (Fsp3) is 0.250. The summed E-state index contributed by atoms with van der Waals surface area (Å²) in [5.74, 6) is -0.0932. The van der Waals surface area contributed by atoms with Crippen molar-refractivity contribution in [2.75, 3.05) is 6.61 Å². The first kappa shape index (κ1) is 18.8. The van der Waals surface area contributed by atoms with Gasteiger partial charge in [-0.2, -0.15) is 8.42 Å². The van der Waals surface area contributed by atoms with E-state index in [1.54, 1.807) is 0 Å². The van der Waals surface area contributed by atoms with Crippen LogP contribution in [0.25, 0.3) is 0 Å². The smallest absolute Gasteiger partial charge is 0.318 e. The molecule has 1 aromatic carbocycles. The van der Waals surface area contributed by atoms with Gasteiger partial charge in [-0.05, 0) is 17.3 Å². The van der Waals surface area contributed by atoms with Crippen LogP contribution in [0.3, 0.4) is 0 Å². The van der Waals surface area contributed by atoms with Gasteiger partial charge in [0.25, 0.3) is 0 Å². The molecule has 0 spiro atoms. The Morgan fingerprint density at radius 1 is 1.11 bits per heavy atom. The van der Waals surface area contributed by atoms with Gasteiger partial charge in [-0.1, -0.05) is 34.8 Å². The second-order valence-electron chi connectivity index (χ2n) is 2.66. The van der Waals surface area contributed by atoms with Crippen molar-refractivity contribution in [3.63, 3.8) is 0 Å². The third-order valence-corrected chi connectivity index (χ3v) is 3.22. The summed E-state index contributed by atoms with van der Waals surface area (Å²) in [6.45, 7) is 1.40. The van der Waals surface area contributed by atoms with Gasteiger partial charge in [0.15, 0.2) is 5.75 Å². The summed E-state index contributed by atoms with van der Waals surface area (Å²) in [6, 6.07) is 2.51. The Hall–Kier alpha value is 0.760. The first-order chi connectivity index (χ1) is 7.85. The maximum absolute atomic E-state index is 11.0. The predicted octanol–water partition coefficient (Wildman–Crippen LogP) is 0.243. The molecule has 0 saturated carbocycles. The van der Waals surface area contributed by atoms with Crippen LogP contribution in [-0.4, -0.2) is 15.0 Å². The minimum atomic E-state index is -4.23. The Morgan fingerprint density at radius 2 is 1.67 bits per heavy atom. The van der Waals surface area contributed by atoms with E-state index in [1.807, 2.05) is 0 Å². The molecule has 0 heterocycles. The van der Waals surface area contributed by atoms with Gasteiger partial charge in [0.1, 0.15) is 0 Å². The summed E-state index contributed by atoms with van der Waals surface area (Å²) in [4.78, 5) is 4.50. The molecule has 18 heavy (non-hydrogen) atoms. The Bertz CT molecular complexity index is 508. The summed E-state index contributed by atoms with van der Waals surface area (Å²) in [5, 5.41) is 0.395. The zero-order valence-corrected chi connectivity index (χ0v) is 14.5. The number of hydrogen-bond acceptors (Lipinski definition) is 5. The molecule has 0 atom stereocenters. The maximum atomic E-state index is 11.0. The van der Waals surface area contributed by atoms with Crippen molar-refractivity contribution >= 4 is 45.2 Å². The van der Waals surface area contributed by atoms with E-state index in [-0.39, 0.29) is 57.0 Å². The molecule has 1 rings (SSSR count). The van der Waals surface area contributed by atoms with E-state index in [2.05, 4.69) is 13.4 Å². The Morgan fingerprint density at radius 3 is 2.22 bits per heavy atom. The van der Waals surface area contributed by atoms with E-state index in [0.717, 1.165) is 0 Å². The molecule has 0 aliphatic heterocycles. The Labute approximate surface area is 142 Å². The van der Waals surface area contributed by atoms with Gasteiger partial charge < -0.3 is 4.89 Å². The van der Waals surface area contributed by atoms with Crippen molar-refractivity contribution < 1.29 is 51.4 Å². The zero-order chi connectivity index (χ0) is 13.1. The summed E-state index contributed by atoms with van der Waals surface area (Å²) in [6.07, 6.45) is 0. The van der Waals surface area contributed by atoms with Crippen molar-refractivity contribution in [2.45, 2.75) is 6.92 Å². The van der Waals surface area contributed by atoms with Crippen LogP contribution in [0.4, 0.5) is 0 Å². The van der Waals surface area contributed by atoms with E-state index in [0.29, 0.717) is 0 Å². The largest absolute Gasteiger partial charge is 1.00 e. The summed E-state index contributed by atoms with van der Waals surface area (Å²) < 4.78 is 30.4. The normalized spacial score (nSPS) is 10.9. The van der Waals surface area contributed by atoms with Crippen molar-refractivity contribution in [2.24, 2.45) is 0 Å². The molecule has 10 heteroatoms. The molecule has 0 fully saturated rings. The average Bonchev–Trinajstić information content (AvgIpc) is 2.21. The molecule has 0 aliphatic carbocycles. The molecule has 96 valence electrons. The fourth-order valence-electron chi connectivity index (χ4n) is 0.810. The van der Waals surface area contributed by atoms with Crippen LogP contribution in [0.15, 0.2) is 12.1 Å². The van der Waals surface area contributed by atoms with E-state index < -0.39 is 10.4 Å². The summed E-state index contributed by atoms with van der Waals surface area (Å²) in [5.41, 5.74) is 0. The van der Waals surface area contributed by atoms with Crippen molar-refractivity contribution in [3.8, 4) is 5.75 Å². The SMILES string of the molecule is CCOS(=O)(=O)OOc1cc(Cl)c(Cl)cc1Cl.[Na+]. The minimum absolute atomic E-state index is 0. The molecule has 0 aliphatic rings. The Kier molecular flexibility index (Phi) is 8.48. The predicted molar refractivity (Wildman–Crippen MR) is 63.7 cm³/mol. The fourth-order valence-corrected chi connectivity index (χ4v) is 1.86. The molecular formula is C8H7Cl3NaO5S+. The zero-order valence-electron chi connectivity index (χ0n) is 9.45. The van der Waals surface area contributed by atoms with Crippen LogP contribution in [0, 0.1) is 0 Å². The van der Waals surface area contributed by atoms with Crippen molar-refractivity contribution in [1.29, 1.82) is 0 Å². The second kappa shape index (κ2) is 8.14. The number of hydrogen-bond donors (Lipinski definition) is 0. The molecule has 1 aromatic rings. The van der Waals surface area contributed by atoms with E-state index in [9.17, 15) is 8.42 Å². The maximum Gasteiger partial charge on any atom is 1.00 e. The van der Waals surface area contributed by atoms with Crippen LogP contribution in [0.2, 0.25) is 15.1 Å². The van der Waals surface area contributed by atoms with Crippen LogP contribution in [0.1, 0.15) is 6.92 Å². The number of benzene rings is 1. The van der Waals surface area contributed by atoms with Crippen LogP contribution >= 0.6 is 34.8 Å². The topological polar surface area (TPSA) is 61.8 Å². The molecule has 0 saturated heterocycles. The van der Waals surface area contributed by atoms with Gasteiger partial charge >= 0.3 is 40.0 Å². The molecule has 0 aromatic heterocycles. The van der Waals surface area contributed by atoms with Gasteiger partial charge in [0.2, 0.25) is 0 Å². The average molecular weight is 345 g/mol. The third kappa shape index (κ3) is 5.81. The monoisotopic (exact) mass is 343 g/mol. The Balaban J connectivity index is 0.00000289. The van der Waals surface area contributed by atoms with Gasteiger partial charge in [0, 0.05) is 6.07 Å². The molecule has 5 nitrogen and oxygen atoms in total. The van der Waals surface area contributed by atoms with Gasteiger partial charge in [-0.25, -0.2) is 4.18 Å². The molecule has 0 bridgehead atoms. The second-order valence-corrected chi connectivity index (χ2v) is 5.07. The first-order valence-electron chi connectivity index (χ1n) is 4.25. The van der Waals surface area contributed by atoms with Gasteiger partial charge in [0.05, 0.1) is 21.7 Å². The van der Waals surface area contributed by atoms with Crippen LogP contribution in [0.5, 0.6) is 5.75 Å². The summed E-state index contributed by atoms with van der Waals surface area (Å²) in [7, 11) is -4.23. The molecular weight excluding hydrogens is 337 g/mol. The first-order valence-corrected chi connectivity index (χ1v) is 6.72. The number of rotatable bonds is 5. The molecule has 0 amide bonds. The number of halogens is 3. The molecule has 0 radical (unpaired) electrons. The van der Waals surface area contributed by atoms with Crippen molar-refractivity contribution in [1.82, 2.24) is 0 Å². The molecule has 0 unspecified atom stereocenters. The van der Waals surface area contributed by atoms with Gasteiger partial charge in [-0.15, -0.1) is 0 Å². The van der Waals surface area contributed by atoms with E-state index in [1.165, 1.54) is 19.1 Å².